The van der Waals surface area contributed by atoms with Crippen molar-refractivity contribution < 1.29 is 4.79 Å². The van der Waals surface area contributed by atoms with E-state index in [9.17, 15) is 4.79 Å². The summed E-state index contributed by atoms with van der Waals surface area (Å²) in [5.74, 6) is 0.163. The summed E-state index contributed by atoms with van der Waals surface area (Å²) in [7, 11) is 0. The minimum absolute atomic E-state index is 0.163. The molecule has 0 unspecified atom stereocenters. The van der Waals surface area contributed by atoms with Gasteiger partial charge in [-0.2, -0.15) is 0 Å². The van der Waals surface area contributed by atoms with Crippen LogP contribution in [0.25, 0.3) is 0 Å². The molecule has 3 rings (SSSR count). The third kappa shape index (κ3) is 2.09. The smallest absolute Gasteiger partial charge is 0.242 e. The van der Waals surface area contributed by atoms with E-state index in [1.54, 1.807) is 23.3 Å². The lowest BCUT2D eigenvalue weighted by molar-refractivity contribution is 0.0747. The molecule has 0 atom stereocenters. The second kappa shape index (κ2) is 5.00. The maximum absolute atomic E-state index is 12.9. The van der Waals surface area contributed by atoms with Crippen LogP contribution in [0.3, 0.4) is 0 Å². The molecule has 19 heavy (non-hydrogen) atoms. The van der Waals surface area contributed by atoms with Crippen LogP contribution in [0.1, 0.15) is 42.5 Å². The van der Waals surface area contributed by atoms with E-state index in [1.165, 1.54) is 6.42 Å². The molecular formula is C16H18N2O. The van der Waals surface area contributed by atoms with E-state index in [1.807, 2.05) is 18.2 Å². The standard InChI is InChI=1S/C16H18N2O/c19-15(18-12-11-17-13-18)16(9-5-2-6-10-16)14-7-3-1-4-8-14/h1,3-4,7-8,11-13H,2,5-6,9-10H2. The van der Waals surface area contributed by atoms with E-state index < -0.39 is 0 Å². The molecule has 1 saturated carbocycles. The molecule has 1 aliphatic carbocycles. The van der Waals surface area contributed by atoms with Gasteiger partial charge in [-0.1, -0.05) is 49.6 Å². The first-order valence-corrected chi connectivity index (χ1v) is 6.91. The maximum atomic E-state index is 12.9. The number of hydrogen-bond donors (Lipinski definition) is 0. The first-order chi connectivity index (χ1) is 9.33. The average molecular weight is 254 g/mol. The number of nitrogens with zero attached hydrogens (tertiary/aromatic N) is 2. The quantitative estimate of drug-likeness (QED) is 0.823. The van der Waals surface area contributed by atoms with Gasteiger partial charge in [-0.25, -0.2) is 4.98 Å². The highest BCUT2D eigenvalue weighted by Crippen LogP contribution is 2.40. The summed E-state index contributed by atoms with van der Waals surface area (Å²) in [4.78, 5) is 16.9. The lowest BCUT2D eigenvalue weighted by Crippen LogP contribution is -2.40. The Balaban J connectivity index is 2.04. The van der Waals surface area contributed by atoms with Crippen molar-refractivity contribution in [2.75, 3.05) is 0 Å². The predicted octanol–water partition coefficient (Wildman–Crippen LogP) is 3.43. The molecule has 0 radical (unpaired) electrons. The number of imidazole rings is 1. The van der Waals surface area contributed by atoms with Gasteiger partial charge in [0.15, 0.2) is 0 Å². The van der Waals surface area contributed by atoms with Crippen LogP contribution < -0.4 is 0 Å². The predicted molar refractivity (Wildman–Crippen MR) is 74.1 cm³/mol. The molecule has 0 aliphatic heterocycles. The number of rotatable bonds is 2. The van der Waals surface area contributed by atoms with Gasteiger partial charge in [-0.15, -0.1) is 0 Å². The van der Waals surface area contributed by atoms with Gasteiger partial charge in [-0.3, -0.25) is 9.36 Å². The number of hydrogen-bond acceptors (Lipinski definition) is 2. The van der Waals surface area contributed by atoms with Crippen LogP contribution in [-0.2, 0) is 5.41 Å². The molecule has 0 bridgehead atoms. The Kier molecular flexibility index (Phi) is 3.20. The Hall–Kier alpha value is -1.90. The van der Waals surface area contributed by atoms with Gasteiger partial charge >= 0.3 is 0 Å². The first kappa shape index (κ1) is 12.2. The van der Waals surface area contributed by atoms with Gasteiger partial charge in [0.05, 0.1) is 5.41 Å². The first-order valence-electron chi connectivity index (χ1n) is 6.91. The van der Waals surface area contributed by atoms with Crippen molar-refractivity contribution in [3.05, 3.63) is 54.6 Å². The highest BCUT2D eigenvalue weighted by Gasteiger charge is 2.41. The van der Waals surface area contributed by atoms with Crippen LogP contribution >= 0.6 is 0 Å². The van der Waals surface area contributed by atoms with Crippen molar-refractivity contribution in [1.82, 2.24) is 9.55 Å². The molecule has 0 amide bonds. The third-order valence-electron chi connectivity index (χ3n) is 4.18. The number of benzene rings is 1. The molecule has 1 heterocycles. The van der Waals surface area contributed by atoms with Crippen LogP contribution in [0.4, 0.5) is 0 Å². The van der Waals surface area contributed by atoms with Crippen LogP contribution in [0.15, 0.2) is 49.1 Å². The Morgan fingerprint density at radius 1 is 1.11 bits per heavy atom. The maximum Gasteiger partial charge on any atom is 0.242 e. The summed E-state index contributed by atoms with van der Waals surface area (Å²) in [6.07, 6.45) is 10.4. The summed E-state index contributed by atoms with van der Waals surface area (Å²) in [5.41, 5.74) is 0.786. The summed E-state index contributed by atoms with van der Waals surface area (Å²) in [5, 5.41) is 0. The zero-order chi connectivity index (χ0) is 13.1. The van der Waals surface area contributed by atoms with Crippen molar-refractivity contribution >= 4 is 5.91 Å². The van der Waals surface area contributed by atoms with Crippen LogP contribution in [-0.4, -0.2) is 15.5 Å². The molecule has 3 nitrogen and oxygen atoms in total. The molecule has 1 aromatic carbocycles. The minimum atomic E-state index is -0.361. The molecule has 0 saturated heterocycles. The van der Waals surface area contributed by atoms with Crippen molar-refractivity contribution in [3.8, 4) is 0 Å². The van der Waals surface area contributed by atoms with E-state index >= 15 is 0 Å². The van der Waals surface area contributed by atoms with E-state index in [-0.39, 0.29) is 11.3 Å². The van der Waals surface area contributed by atoms with E-state index in [4.69, 9.17) is 0 Å². The SMILES string of the molecule is O=C(n1ccnc1)C1(c2ccccc2)CCCCC1. The van der Waals surface area contributed by atoms with Crippen molar-refractivity contribution in [2.24, 2.45) is 0 Å². The zero-order valence-corrected chi connectivity index (χ0v) is 11.0. The molecule has 0 spiro atoms. The van der Waals surface area contributed by atoms with Crippen molar-refractivity contribution in [2.45, 2.75) is 37.5 Å². The van der Waals surface area contributed by atoms with Crippen LogP contribution in [0, 0.1) is 0 Å². The number of aromatic nitrogens is 2. The summed E-state index contributed by atoms with van der Waals surface area (Å²) < 4.78 is 1.64. The molecule has 3 heteroatoms. The average Bonchev–Trinajstić information content (AvgIpc) is 3.02. The minimum Gasteiger partial charge on any atom is -0.276 e. The van der Waals surface area contributed by atoms with Gasteiger partial charge < -0.3 is 0 Å². The Labute approximate surface area is 113 Å². The Bertz CT molecular complexity index is 539. The third-order valence-corrected chi connectivity index (χ3v) is 4.18. The largest absolute Gasteiger partial charge is 0.276 e. The molecule has 1 fully saturated rings. The fourth-order valence-electron chi connectivity index (χ4n) is 3.16. The Morgan fingerprint density at radius 2 is 1.84 bits per heavy atom. The second-order valence-corrected chi connectivity index (χ2v) is 5.28. The lowest BCUT2D eigenvalue weighted by Gasteiger charge is -2.36. The summed E-state index contributed by atoms with van der Waals surface area (Å²) in [6.45, 7) is 0. The fraction of sp³-hybridized carbons (Fsp3) is 0.375. The summed E-state index contributed by atoms with van der Waals surface area (Å²) in [6, 6.07) is 10.2. The van der Waals surface area contributed by atoms with Gasteiger partial charge in [-0.05, 0) is 18.4 Å². The van der Waals surface area contributed by atoms with Gasteiger partial charge in [0.1, 0.15) is 6.33 Å². The second-order valence-electron chi connectivity index (χ2n) is 5.28. The van der Waals surface area contributed by atoms with Gasteiger partial charge in [0.2, 0.25) is 5.91 Å². The highest BCUT2D eigenvalue weighted by atomic mass is 16.2. The van der Waals surface area contributed by atoms with Crippen LogP contribution in [0.2, 0.25) is 0 Å². The van der Waals surface area contributed by atoms with Crippen LogP contribution in [0.5, 0.6) is 0 Å². The van der Waals surface area contributed by atoms with E-state index in [0.717, 1.165) is 31.2 Å². The van der Waals surface area contributed by atoms with Crippen molar-refractivity contribution in [3.63, 3.8) is 0 Å². The zero-order valence-electron chi connectivity index (χ0n) is 11.0. The normalized spacial score (nSPS) is 18.1. The molecule has 2 aromatic rings. The fourth-order valence-corrected chi connectivity index (χ4v) is 3.16. The topological polar surface area (TPSA) is 34.9 Å². The van der Waals surface area contributed by atoms with Gasteiger partial charge in [0, 0.05) is 12.4 Å². The summed E-state index contributed by atoms with van der Waals surface area (Å²) >= 11 is 0. The number of carbonyl (C=O) groups excluding carboxylic acids is 1. The molecular weight excluding hydrogens is 236 g/mol. The van der Waals surface area contributed by atoms with Crippen molar-refractivity contribution in [1.29, 1.82) is 0 Å². The molecule has 0 N–H and O–H groups in total. The molecule has 1 aliphatic rings. The molecule has 1 aromatic heterocycles. The van der Waals surface area contributed by atoms with E-state index in [2.05, 4.69) is 17.1 Å². The molecule has 98 valence electrons. The number of carbonyl (C=O) groups is 1. The highest BCUT2D eigenvalue weighted by molar-refractivity contribution is 5.90. The lowest BCUT2D eigenvalue weighted by atomic mass is 9.68. The Morgan fingerprint density at radius 3 is 2.47 bits per heavy atom. The van der Waals surface area contributed by atoms with E-state index in [0.29, 0.717) is 0 Å². The van der Waals surface area contributed by atoms with Gasteiger partial charge in [0.25, 0.3) is 0 Å². The monoisotopic (exact) mass is 254 g/mol.